The van der Waals surface area contributed by atoms with Crippen molar-refractivity contribution in [2.24, 2.45) is 11.8 Å². The van der Waals surface area contributed by atoms with E-state index in [-0.39, 0.29) is 30.1 Å². The summed E-state index contributed by atoms with van der Waals surface area (Å²) in [4.78, 5) is 37.9. The fourth-order valence-corrected chi connectivity index (χ4v) is 4.28. The lowest BCUT2D eigenvalue weighted by molar-refractivity contribution is -0.138. The molecule has 2 heterocycles. The molecule has 1 saturated heterocycles. The minimum atomic E-state index is -0.663. The van der Waals surface area contributed by atoms with Gasteiger partial charge in [0, 0.05) is 5.92 Å². The highest BCUT2D eigenvalue weighted by molar-refractivity contribution is 5.98. The van der Waals surface area contributed by atoms with E-state index in [0.717, 1.165) is 38.5 Å². The van der Waals surface area contributed by atoms with Crippen LogP contribution in [0.1, 0.15) is 62.2 Å². The molecular formula is C21H30N2O5. The molecule has 1 aliphatic carbocycles. The topological polar surface area (TPSA) is 97.6 Å². The second-order valence-electron chi connectivity index (χ2n) is 7.94. The molecule has 28 heavy (non-hydrogen) atoms. The summed E-state index contributed by atoms with van der Waals surface area (Å²) in [5, 5.41) is 5.77. The molecule has 2 N–H and O–H groups in total. The van der Waals surface area contributed by atoms with Gasteiger partial charge in [-0.25, -0.2) is 0 Å². The molecule has 0 spiro atoms. The van der Waals surface area contributed by atoms with Gasteiger partial charge >= 0.3 is 0 Å². The van der Waals surface area contributed by atoms with Crippen LogP contribution in [-0.4, -0.2) is 42.9 Å². The lowest BCUT2D eigenvalue weighted by atomic mass is 9.90. The molecule has 2 fully saturated rings. The van der Waals surface area contributed by atoms with Crippen LogP contribution in [0.2, 0.25) is 0 Å². The molecule has 7 nitrogen and oxygen atoms in total. The van der Waals surface area contributed by atoms with Crippen molar-refractivity contribution in [1.82, 2.24) is 10.6 Å². The number of carbonyl (C=O) groups is 3. The van der Waals surface area contributed by atoms with E-state index in [1.807, 2.05) is 6.92 Å². The van der Waals surface area contributed by atoms with E-state index in [0.29, 0.717) is 24.5 Å². The van der Waals surface area contributed by atoms with Crippen LogP contribution < -0.4 is 10.6 Å². The fraction of sp³-hybridized carbons (Fsp3) is 0.667. The zero-order chi connectivity index (χ0) is 19.9. The molecule has 154 valence electrons. The Balaban J connectivity index is 1.69. The predicted octanol–water partition coefficient (Wildman–Crippen LogP) is 2.46. The van der Waals surface area contributed by atoms with Crippen LogP contribution in [0.4, 0.5) is 0 Å². The number of ether oxygens (including phenoxy) is 1. The Labute approximate surface area is 165 Å². The number of amides is 2. The first-order valence-corrected chi connectivity index (χ1v) is 10.3. The second-order valence-corrected chi connectivity index (χ2v) is 7.94. The van der Waals surface area contributed by atoms with Gasteiger partial charge in [-0.2, -0.15) is 0 Å². The highest BCUT2D eigenvalue weighted by Gasteiger charge is 2.36. The lowest BCUT2D eigenvalue weighted by Crippen LogP contribution is -2.57. The van der Waals surface area contributed by atoms with Gasteiger partial charge in [0.05, 0.1) is 24.5 Å². The summed E-state index contributed by atoms with van der Waals surface area (Å²) in [6.07, 6.45) is 9.56. The maximum absolute atomic E-state index is 13.1. The maximum atomic E-state index is 13.1. The summed E-state index contributed by atoms with van der Waals surface area (Å²) in [5.41, 5.74) is 0.384. The Morgan fingerprint density at radius 3 is 2.75 bits per heavy atom. The summed E-state index contributed by atoms with van der Waals surface area (Å²) >= 11 is 0. The number of furan rings is 1. The van der Waals surface area contributed by atoms with Gasteiger partial charge in [0.15, 0.2) is 5.78 Å². The van der Waals surface area contributed by atoms with Crippen molar-refractivity contribution in [3.63, 3.8) is 0 Å². The van der Waals surface area contributed by atoms with Crippen LogP contribution in [0.25, 0.3) is 0 Å². The molecule has 0 radical (unpaired) electrons. The minimum Gasteiger partial charge on any atom is -0.472 e. The van der Waals surface area contributed by atoms with Crippen LogP contribution in [-0.2, 0) is 14.3 Å². The summed E-state index contributed by atoms with van der Waals surface area (Å²) < 4.78 is 10.3. The quantitative estimate of drug-likeness (QED) is 0.711. The Morgan fingerprint density at radius 1 is 1.29 bits per heavy atom. The zero-order valence-electron chi connectivity index (χ0n) is 16.4. The molecule has 1 aromatic rings. The number of rotatable bonds is 8. The van der Waals surface area contributed by atoms with Crippen molar-refractivity contribution >= 4 is 17.6 Å². The van der Waals surface area contributed by atoms with Gasteiger partial charge in [0.1, 0.15) is 18.9 Å². The molecule has 2 amide bonds. The number of hydrogen-bond donors (Lipinski definition) is 2. The van der Waals surface area contributed by atoms with Crippen molar-refractivity contribution in [2.45, 2.75) is 64.0 Å². The number of nitrogens with one attached hydrogen (secondary N) is 2. The molecule has 0 bridgehead atoms. The Kier molecular flexibility index (Phi) is 7.25. The van der Waals surface area contributed by atoms with Crippen molar-refractivity contribution in [3.8, 4) is 0 Å². The molecule has 2 unspecified atom stereocenters. The van der Waals surface area contributed by atoms with Crippen molar-refractivity contribution in [1.29, 1.82) is 0 Å². The monoisotopic (exact) mass is 390 g/mol. The van der Waals surface area contributed by atoms with Gasteiger partial charge in [-0.15, -0.1) is 0 Å². The first kappa shape index (κ1) is 20.6. The molecule has 1 saturated carbocycles. The number of hydrogen-bond acceptors (Lipinski definition) is 5. The molecule has 1 aliphatic heterocycles. The van der Waals surface area contributed by atoms with Crippen molar-refractivity contribution < 1.29 is 23.5 Å². The summed E-state index contributed by atoms with van der Waals surface area (Å²) in [6.45, 7) is 2.55. The van der Waals surface area contributed by atoms with Gasteiger partial charge in [0.2, 0.25) is 5.91 Å². The van der Waals surface area contributed by atoms with Crippen LogP contribution >= 0.6 is 0 Å². The number of ketones is 1. The third kappa shape index (κ3) is 5.22. The average molecular weight is 390 g/mol. The van der Waals surface area contributed by atoms with E-state index >= 15 is 0 Å². The lowest BCUT2D eigenvalue weighted by Gasteiger charge is -2.32. The predicted molar refractivity (Wildman–Crippen MR) is 103 cm³/mol. The minimum absolute atomic E-state index is 0.0214. The Bertz CT molecular complexity index is 664. The van der Waals surface area contributed by atoms with E-state index in [9.17, 15) is 14.4 Å². The van der Waals surface area contributed by atoms with Crippen LogP contribution in [0.5, 0.6) is 0 Å². The normalized spacial score (nSPS) is 24.1. The van der Waals surface area contributed by atoms with Gasteiger partial charge in [-0.1, -0.05) is 39.0 Å². The van der Waals surface area contributed by atoms with Crippen LogP contribution in [0.15, 0.2) is 23.0 Å². The van der Waals surface area contributed by atoms with Gasteiger partial charge in [-0.05, 0) is 24.8 Å². The highest BCUT2D eigenvalue weighted by Crippen LogP contribution is 2.29. The second kappa shape index (κ2) is 9.87. The van der Waals surface area contributed by atoms with Gasteiger partial charge in [-0.3, -0.25) is 14.4 Å². The molecule has 3 atom stereocenters. The smallest absolute Gasteiger partial charge is 0.255 e. The summed E-state index contributed by atoms with van der Waals surface area (Å²) in [6, 6.07) is 0.362. The highest BCUT2D eigenvalue weighted by atomic mass is 16.5. The van der Waals surface area contributed by atoms with Gasteiger partial charge < -0.3 is 19.8 Å². The van der Waals surface area contributed by atoms with E-state index in [1.54, 1.807) is 6.07 Å². The fourth-order valence-electron chi connectivity index (χ4n) is 4.28. The van der Waals surface area contributed by atoms with Crippen LogP contribution in [0, 0.1) is 11.8 Å². The molecule has 1 aromatic heterocycles. The first-order valence-electron chi connectivity index (χ1n) is 10.3. The molecule has 0 aromatic carbocycles. The van der Waals surface area contributed by atoms with E-state index in [1.165, 1.54) is 12.5 Å². The Hall–Kier alpha value is -2.15. The molecule has 2 aliphatic rings. The summed E-state index contributed by atoms with van der Waals surface area (Å²) in [5.74, 6) is -0.330. The summed E-state index contributed by atoms with van der Waals surface area (Å²) in [7, 11) is 0. The molecule has 3 rings (SSSR count). The van der Waals surface area contributed by atoms with E-state index in [2.05, 4.69) is 10.6 Å². The zero-order valence-corrected chi connectivity index (χ0v) is 16.4. The van der Waals surface area contributed by atoms with Gasteiger partial charge in [0.25, 0.3) is 5.91 Å². The van der Waals surface area contributed by atoms with E-state index < -0.39 is 12.1 Å². The molecular weight excluding hydrogens is 360 g/mol. The largest absolute Gasteiger partial charge is 0.472 e. The molecule has 7 heteroatoms. The number of Topliss-reactive ketones (excluding diaryl/α,β-unsaturated/α-hetero) is 1. The van der Waals surface area contributed by atoms with Crippen molar-refractivity contribution in [2.75, 3.05) is 13.2 Å². The SMILES string of the molecule is CCCC1COCC(=O)C1NC(=O)[C@H](CC1CCCC1)NC(=O)c1ccoc1. The maximum Gasteiger partial charge on any atom is 0.255 e. The first-order chi connectivity index (χ1) is 13.6. The van der Waals surface area contributed by atoms with Crippen LogP contribution in [0.3, 0.4) is 0 Å². The Morgan fingerprint density at radius 2 is 2.07 bits per heavy atom. The standard InChI is InChI=1S/C21H30N2O5/c1-2-5-15-11-28-13-18(24)19(15)23-21(26)17(10-14-6-3-4-7-14)22-20(25)16-8-9-27-12-16/h8-9,12,14-15,17,19H,2-7,10-11,13H2,1H3,(H,22,25)(H,23,26)/t15?,17-,19?/m0/s1. The third-order valence-corrected chi connectivity index (χ3v) is 5.80. The average Bonchev–Trinajstić information content (AvgIpc) is 3.38. The van der Waals surface area contributed by atoms with Crippen molar-refractivity contribution in [3.05, 3.63) is 24.2 Å². The third-order valence-electron chi connectivity index (χ3n) is 5.80. The van der Waals surface area contributed by atoms with E-state index in [4.69, 9.17) is 9.15 Å². The number of carbonyl (C=O) groups excluding carboxylic acids is 3.